The number of alkyl halides is 3. The van der Waals surface area contributed by atoms with Crippen LogP contribution in [-0.2, 0) is 17.0 Å². The summed E-state index contributed by atoms with van der Waals surface area (Å²) < 4.78 is 49.4. The van der Waals surface area contributed by atoms with Crippen molar-refractivity contribution < 1.29 is 17.4 Å². The highest BCUT2D eigenvalue weighted by molar-refractivity contribution is 7.85. The highest BCUT2D eigenvalue weighted by Crippen LogP contribution is 2.30. The van der Waals surface area contributed by atoms with Crippen LogP contribution in [0.5, 0.6) is 0 Å². The fourth-order valence-electron chi connectivity index (χ4n) is 1.56. The lowest BCUT2D eigenvalue weighted by atomic mass is 10.2. The summed E-state index contributed by atoms with van der Waals surface area (Å²) in [5.74, 6) is 0.373. The molecule has 0 aromatic heterocycles. The third kappa shape index (κ3) is 5.74. The van der Waals surface area contributed by atoms with Gasteiger partial charge in [-0.05, 0) is 44.1 Å². The fraction of sp³-hybridized carbons (Fsp3) is 0.538. The lowest BCUT2D eigenvalue weighted by molar-refractivity contribution is -0.137. The van der Waals surface area contributed by atoms with Crippen LogP contribution in [0.1, 0.15) is 25.3 Å². The molecule has 1 aromatic rings. The summed E-state index contributed by atoms with van der Waals surface area (Å²) in [6.07, 6.45) is -2.68. The lowest BCUT2D eigenvalue weighted by Crippen LogP contribution is -2.17. The summed E-state index contributed by atoms with van der Waals surface area (Å²) in [6, 6.07) is 4.73. The van der Waals surface area contributed by atoms with Crippen LogP contribution in [0.4, 0.5) is 13.2 Å². The lowest BCUT2D eigenvalue weighted by Gasteiger charge is -2.08. The normalized spacial score (nSPS) is 13.5. The van der Waals surface area contributed by atoms with Crippen molar-refractivity contribution in [3.63, 3.8) is 0 Å². The Morgan fingerprint density at radius 3 is 2.63 bits per heavy atom. The quantitative estimate of drug-likeness (QED) is 0.782. The maximum atomic E-state index is 12.5. The standard InChI is InChI=1S/C13H18F3NOS/c1-2-7-17-8-4-9-19(18)12-6-3-5-11(10-12)13(14,15)16/h3,5-6,10,17H,2,4,7-9H2,1H3. The van der Waals surface area contributed by atoms with Crippen molar-refractivity contribution in [1.82, 2.24) is 5.32 Å². The zero-order valence-electron chi connectivity index (χ0n) is 10.8. The van der Waals surface area contributed by atoms with Crippen LogP contribution in [0, 0.1) is 0 Å². The van der Waals surface area contributed by atoms with Gasteiger partial charge in [-0.15, -0.1) is 0 Å². The van der Waals surface area contributed by atoms with Crippen LogP contribution in [0.25, 0.3) is 0 Å². The van der Waals surface area contributed by atoms with E-state index in [-0.39, 0.29) is 4.90 Å². The molecular formula is C13H18F3NOS. The third-order valence-corrected chi connectivity index (χ3v) is 3.97. The van der Waals surface area contributed by atoms with E-state index in [4.69, 9.17) is 0 Å². The Balaban J connectivity index is 2.53. The molecule has 1 atom stereocenters. The van der Waals surface area contributed by atoms with E-state index in [0.29, 0.717) is 12.2 Å². The van der Waals surface area contributed by atoms with Crippen molar-refractivity contribution in [2.24, 2.45) is 0 Å². The molecule has 0 heterocycles. The maximum absolute atomic E-state index is 12.5. The Bertz CT molecular complexity index is 421. The molecule has 0 fully saturated rings. The van der Waals surface area contributed by atoms with E-state index >= 15 is 0 Å². The number of hydrogen-bond donors (Lipinski definition) is 1. The summed E-state index contributed by atoms with van der Waals surface area (Å²) in [5, 5.41) is 3.16. The first kappa shape index (κ1) is 16.2. The second-order valence-electron chi connectivity index (χ2n) is 4.18. The molecule has 0 radical (unpaired) electrons. The summed E-state index contributed by atoms with van der Waals surface area (Å²) in [4.78, 5) is 0.241. The van der Waals surface area contributed by atoms with E-state index < -0.39 is 22.5 Å². The first-order valence-corrected chi connectivity index (χ1v) is 7.53. The molecule has 19 heavy (non-hydrogen) atoms. The molecule has 108 valence electrons. The van der Waals surface area contributed by atoms with Crippen LogP contribution in [0.3, 0.4) is 0 Å². The molecular weight excluding hydrogens is 275 g/mol. The number of nitrogens with one attached hydrogen (secondary N) is 1. The van der Waals surface area contributed by atoms with Gasteiger partial charge in [0.1, 0.15) is 0 Å². The Hall–Kier alpha value is -0.880. The summed E-state index contributed by atoms with van der Waals surface area (Å²) >= 11 is 0. The molecule has 0 saturated heterocycles. The van der Waals surface area contributed by atoms with Gasteiger partial charge < -0.3 is 5.32 Å². The van der Waals surface area contributed by atoms with Crippen LogP contribution in [-0.4, -0.2) is 23.1 Å². The summed E-state index contributed by atoms with van der Waals surface area (Å²) in [7, 11) is -1.37. The Morgan fingerprint density at radius 2 is 2.00 bits per heavy atom. The topological polar surface area (TPSA) is 29.1 Å². The number of rotatable bonds is 7. The average Bonchev–Trinajstić information content (AvgIpc) is 2.37. The third-order valence-electron chi connectivity index (χ3n) is 2.53. The fourth-order valence-corrected chi connectivity index (χ4v) is 2.69. The average molecular weight is 293 g/mol. The number of hydrogen-bond acceptors (Lipinski definition) is 2. The molecule has 0 saturated carbocycles. The van der Waals surface area contributed by atoms with Crippen molar-refractivity contribution in [2.45, 2.75) is 30.8 Å². The molecule has 1 unspecified atom stereocenters. The maximum Gasteiger partial charge on any atom is 0.416 e. The second-order valence-corrected chi connectivity index (χ2v) is 5.75. The summed E-state index contributed by atoms with van der Waals surface area (Å²) in [6.45, 7) is 3.68. The van der Waals surface area contributed by atoms with Gasteiger partial charge in [0.05, 0.1) is 16.4 Å². The van der Waals surface area contributed by atoms with Gasteiger partial charge in [0.2, 0.25) is 0 Å². The van der Waals surface area contributed by atoms with Gasteiger partial charge >= 0.3 is 6.18 Å². The van der Waals surface area contributed by atoms with Crippen LogP contribution < -0.4 is 5.32 Å². The highest BCUT2D eigenvalue weighted by Gasteiger charge is 2.30. The molecule has 0 spiro atoms. The van der Waals surface area contributed by atoms with Crippen LogP contribution >= 0.6 is 0 Å². The van der Waals surface area contributed by atoms with E-state index in [0.717, 1.165) is 31.6 Å². The first-order chi connectivity index (χ1) is 8.95. The summed E-state index contributed by atoms with van der Waals surface area (Å²) in [5.41, 5.74) is -0.748. The van der Waals surface area contributed by atoms with Gasteiger partial charge in [-0.3, -0.25) is 4.21 Å². The minimum absolute atomic E-state index is 0.241. The molecule has 1 rings (SSSR count). The first-order valence-electron chi connectivity index (χ1n) is 6.21. The Morgan fingerprint density at radius 1 is 1.26 bits per heavy atom. The SMILES string of the molecule is CCCNCCCS(=O)c1cccc(C(F)(F)F)c1. The Labute approximate surface area is 113 Å². The van der Waals surface area contributed by atoms with Crippen LogP contribution in [0.15, 0.2) is 29.2 Å². The minimum atomic E-state index is -4.39. The van der Waals surface area contributed by atoms with Gasteiger partial charge in [-0.25, -0.2) is 0 Å². The smallest absolute Gasteiger partial charge is 0.317 e. The molecule has 0 bridgehead atoms. The molecule has 1 N–H and O–H groups in total. The monoisotopic (exact) mass is 293 g/mol. The zero-order chi connectivity index (χ0) is 14.3. The van der Waals surface area contributed by atoms with Gasteiger partial charge in [0, 0.05) is 10.6 Å². The number of halogens is 3. The van der Waals surface area contributed by atoms with E-state index in [2.05, 4.69) is 5.32 Å². The molecule has 2 nitrogen and oxygen atoms in total. The van der Waals surface area contributed by atoms with Crippen molar-refractivity contribution in [3.05, 3.63) is 29.8 Å². The van der Waals surface area contributed by atoms with Crippen molar-refractivity contribution in [2.75, 3.05) is 18.8 Å². The molecule has 0 amide bonds. The van der Waals surface area contributed by atoms with E-state index in [9.17, 15) is 17.4 Å². The van der Waals surface area contributed by atoms with E-state index in [1.165, 1.54) is 12.1 Å². The molecule has 1 aromatic carbocycles. The highest BCUT2D eigenvalue weighted by atomic mass is 32.2. The van der Waals surface area contributed by atoms with Crippen molar-refractivity contribution in [3.8, 4) is 0 Å². The van der Waals surface area contributed by atoms with Gasteiger partial charge in [0.25, 0.3) is 0 Å². The predicted molar refractivity (Wildman–Crippen MR) is 70.5 cm³/mol. The van der Waals surface area contributed by atoms with Crippen molar-refractivity contribution in [1.29, 1.82) is 0 Å². The van der Waals surface area contributed by atoms with Crippen LogP contribution in [0.2, 0.25) is 0 Å². The predicted octanol–water partition coefficient (Wildman–Crippen LogP) is 3.20. The number of benzene rings is 1. The molecule has 0 aliphatic heterocycles. The van der Waals surface area contributed by atoms with Gasteiger partial charge in [-0.2, -0.15) is 13.2 Å². The van der Waals surface area contributed by atoms with Crippen molar-refractivity contribution >= 4 is 10.8 Å². The van der Waals surface area contributed by atoms with E-state index in [1.54, 1.807) is 0 Å². The second kappa shape index (κ2) is 7.65. The largest absolute Gasteiger partial charge is 0.416 e. The molecule has 0 aliphatic rings. The zero-order valence-corrected chi connectivity index (χ0v) is 11.6. The minimum Gasteiger partial charge on any atom is -0.317 e. The Kier molecular flexibility index (Phi) is 6.51. The van der Waals surface area contributed by atoms with E-state index in [1.807, 2.05) is 6.92 Å². The van der Waals surface area contributed by atoms with Gasteiger partial charge in [0.15, 0.2) is 0 Å². The van der Waals surface area contributed by atoms with Gasteiger partial charge in [-0.1, -0.05) is 13.0 Å². The molecule has 0 aliphatic carbocycles. The molecule has 6 heteroatoms.